The molecule has 2 aromatic rings. The second-order valence-corrected chi connectivity index (χ2v) is 13.7. The summed E-state index contributed by atoms with van der Waals surface area (Å²) >= 11 is 3.74. The van der Waals surface area contributed by atoms with Crippen molar-refractivity contribution in [1.29, 1.82) is 0 Å². The number of aliphatic carboxylic acids is 1. The predicted molar refractivity (Wildman–Crippen MR) is 147 cm³/mol. The zero-order chi connectivity index (χ0) is 27.9. The first kappa shape index (κ1) is 28.7. The number of hydrogen-bond acceptors (Lipinski definition) is 5. The van der Waals surface area contributed by atoms with Crippen LogP contribution in [0.25, 0.3) is 0 Å². The number of nitrogens with one attached hydrogen (secondary N) is 1. The monoisotopic (exact) mass is 608 g/mol. The maximum absolute atomic E-state index is 13.1. The summed E-state index contributed by atoms with van der Waals surface area (Å²) in [5.74, 6) is -1.23. The molecule has 4 rings (SSSR count). The van der Waals surface area contributed by atoms with Crippen LogP contribution in [-0.4, -0.2) is 38.4 Å². The van der Waals surface area contributed by atoms with Gasteiger partial charge in [0.2, 0.25) is 10.0 Å². The Morgan fingerprint density at radius 2 is 1.92 bits per heavy atom. The van der Waals surface area contributed by atoms with Gasteiger partial charge in [-0.05, 0) is 91.0 Å². The maximum Gasteiger partial charge on any atom is 0.309 e. The van der Waals surface area contributed by atoms with Crippen molar-refractivity contribution in [3.63, 3.8) is 0 Å². The van der Waals surface area contributed by atoms with E-state index < -0.39 is 27.2 Å². The molecule has 0 unspecified atom stereocenters. The quantitative estimate of drug-likeness (QED) is 0.284. The van der Waals surface area contributed by atoms with Gasteiger partial charge in [0, 0.05) is 16.6 Å². The lowest BCUT2D eigenvalue weighted by atomic mass is 9.49. The molecule has 38 heavy (non-hydrogen) atoms. The molecular weight excluding hydrogens is 575 g/mol. The number of sulfonamides is 1. The van der Waals surface area contributed by atoms with Crippen LogP contribution in [-0.2, 0) is 25.1 Å². The summed E-state index contributed by atoms with van der Waals surface area (Å²) in [5, 5.41) is 14.7. The van der Waals surface area contributed by atoms with Gasteiger partial charge in [0.25, 0.3) is 0 Å². The fraction of sp³-hybridized carbons (Fsp3) is 0.500. The van der Waals surface area contributed by atoms with Gasteiger partial charge in [0.15, 0.2) is 0 Å². The second kappa shape index (κ2) is 10.7. The molecule has 7 nitrogen and oxygen atoms in total. The molecule has 206 valence electrons. The molecule has 1 saturated carbocycles. The van der Waals surface area contributed by atoms with Crippen LogP contribution in [0.5, 0.6) is 0 Å². The van der Waals surface area contributed by atoms with Gasteiger partial charge in [0.1, 0.15) is 12.4 Å². The second-order valence-electron chi connectivity index (χ2n) is 11.0. The van der Waals surface area contributed by atoms with Crippen LogP contribution in [0, 0.1) is 17.2 Å². The lowest BCUT2D eigenvalue weighted by molar-refractivity contribution is -0.156. The summed E-state index contributed by atoms with van der Waals surface area (Å²) in [4.78, 5) is 18.0. The standard InChI is InChI=1S/C28H34BrFN2O5S/c1-17(2)20-14-21-22(15-23(20)29)27(3)10-5-11-28(4,26(33)34)25(27)16-24(21)32-37-13-12-31-38(35,36)19-8-6-18(30)7-9-19/h6-9,14-15,17,25,31H,5,10-13,16H2,1-4H3,(H,33,34)/b32-24+/t25-,27-,28-/m1/s1. The van der Waals surface area contributed by atoms with Gasteiger partial charge in [-0.15, -0.1) is 0 Å². The first-order valence-electron chi connectivity index (χ1n) is 12.8. The van der Waals surface area contributed by atoms with E-state index in [1.807, 2.05) is 6.92 Å². The third-order valence-electron chi connectivity index (χ3n) is 8.29. The third kappa shape index (κ3) is 5.27. The highest BCUT2D eigenvalue weighted by atomic mass is 79.9. The van der Waals surface area contributed by atoms with E-state index in [9.17, 15) is 22.7 Å². The number of benzene rings is 2. The van der Waals surface area contributed by atoms with Crippen LogP contribution >= 0.6 is 15.9 Å². The summed E-state index contributed by atoms with van der Waals surface area (Å²) in [6.45, 7) is 8.17. The van der Waals surface area contributed by atoms with E-state index in [1.165, 1.54) is 12.1 Å². The van der Waals surface area contributed by atoms with Crippen molar-refractivity contribution in [1.82, 2.24) is 4.72 Å². The van der Waals surface area contributed by atoms with Crippen LogP contribution in [0.4, 0.5) is 4.39 Å². The van der Waals surface area contributed by atoms with Gasteiger partial charge in [-0.1, -0.05) is 48.3 Å². The van der Waals surface area contributed by atoms with Gasteiger partial charge < -0.3 is 9.94 Å². The van der Waals surface area contributed by atoms with Gasteiger partial charge in [-0.2, -0.15) is 0 Å². The highest BCUT2D eigenvalue weighted by molar-refractivity contribution is 9.10. The molecule has 0 heterocycles. The summed E-state index contributed by atoms with van der Waals surface area (Å²) in [5.41, 5.74) is 2.59. The number of halogens is 2. The number of oxime groups is 1. The fourth-order valence-electron chi connectivity index (χ4n) is 6.08. The highest BCUT2D eigenvalue weighted by Gasteiger charge is 2.56. The first-order valence-corrected chi connectivity index (χ1v) is 15.1. The lowest BCUT2D eigenvalue weighted by Gasteiger charge is -2.53. The zero-order valence-electron chi connectivity index (χ0n) is 22.1. The fourth-order valence-corrected chi connectivity index (χ4v) is 7.89. The minimum atomic E-state index is -3.82. The molecular formula is C28H34BrFN2O5S. The van der Waals surface area contributed by atoms with Crippen LogP contribution in [0.15, 0.2) is 50.9 Å². The normalized spacial score (nSPS) is 26.2. The molecule has 0 aliphatic heterocycles. The molecule has 1 fully saturated rings. The van der Waals surface area contributed by atoms with Gasteiger partial charge >= 0.3 is 5.97 Å². The van der Waals surface area contributed by atoms with Gasteiger partial charge in [0.05, 0.1) is 16.0 Å². The minimum Gasteiger partial charge on any atom is -0.481 e. The van der Waals surface area contributed by atoms with E-state index in [4.69, 9.17) is 4.84 Å². The average molecular weight is 610 g/mol. The highest BCUT2D eigenvalue weighted by Crippen LogP contribution is 2.58. The first-order chi connectivity index (χ1) is 17.8. The Labute approximate surface area is 232 Å². The molecule has 2 aliphatic rings. The molecule has 10 heteroatoms. The minimum absolute atomic E-state index is 0.0229. The van der Waals surface area contributed by atoms with Crippen molar-refractivity contribution < 1.29 is 27.5 Å². The lowest BCUT2D eigenvalue weighted by Crippen LogP contribution is -2.53. The number of carbonyl (C=O) groups is 1. The van der Waals surface area contributed by atoms with E-state index in [0.717, 1.165) is 46.1 Å². The van der Waals surface area contributed by atoms with Crippen LogP contribution < -0.4 is 4.72 Å². The Kier molecular flexibility index (Phi) is 8.08. The third-order valence-corrected chi connectivity index (χ3v) is 10.4. The Bertz CT molecular complexity index is 1360. The number of nitrogens with zero attached hydrogens (tertiary/aromatic N) is 1. The van der Waals surface area contributed by atoms with Crippen molar-refractivity contribution in [2.75, 3.05) is 13.2 Å². The maximum atomic E-state index is 13.1. The van der Waals surface area contributed by atoms with Crippen LogP contribution in [0.1, 0.15) is 76.0 Å². The smallest absolute Gasteiger partial charge is 0.309 e. The van der Waals surface area contributed by atoms with E-state index >= 15 is 0 Å². The van der Waals surface area contributed by atoms with Gasteiger partial charge in [-0.25, -0.2) is 17.5 Å². The van der Waals surface area contributed by atoms with Crippen molar-refractivity contribution in [3.8, 4) is 0 Å². The Morgan fingerprint density at radius 1 is 1.24 bits per heavy atom. The summed E-state index contributed by atoms with van der Waals surface area (Å²) in [7, 11) is -3.82. The summed E-state index contributed by atoms with van der Waals surface area (Å²) in [6, 6.07) is 8.82. The average Bonchev–Trinajstić information content (AvgIpc) is 2.84. The Morgan fingerprint density at radius 3 is 2.55 bits per heavy atom. The topological polar surface area (TPSA) is 105 Å². The molecule has 0 saturated heterocycles. The summed E-state index contributed by atoms with van der Waals surface area (Å²) < 4.78 is 41.5. The number of carboxylic acid groups (broad SMARTS) is 1. The van der Waals surface area contributed by atoms with Crippen molar-refractivity contribution in [2.24, 2.45) is 16.5 Å². The van der Waals surface area contributed by atoms with Gasteiger partial charge in [-0.3, -0.25) is 4.79 Å². The number of hydrogen-bond donors (Lipinski definition) is 2. The molecule has 0 bridgehead atoms. The molecule has 2 N–H and O–H groups in total. The Balaban J connectivity index is 1.61. The molecule has 3 atom stereocenters. The summed E-state index contributed by atoms with van der Waals surface area (Å²) in [6.07, 6.45) is 2.77. The SMILES string of the molecule is CC(C)c1cc2c(cc1Br)[C@@]1(C)CCC[C@@](C)(C(=O)O)[C@@H]1C/C2=N\OCCNS(=O)(=O)c1ccc(F)cc1. The van der Waals surface area contributed by atoms with Crippen molar-refractivity contribution >= 4 is 37.6 Å². The van der Waals surface area contributed by atoms with E-state index in [2.05, 4.69) is 58.7 Å². The molecule has 2 aliphatic carbocycles. The van der Waals surface area contributed by atoms with E-state index in [-0.39, 0.29) is 35.3 Å². The van der Waals surface area contributed by atoms with Crippen LogP contribution in [0.3, 0.4) is 0 Å². The molecule has 0 spiro atoms. The largest absolute Gasteiger partial charge is 0.481 e. The molecule has 2 aromatic carbocycles. The number of rotatable bonds is 8. The molecule has 0 amide bonds. The van der Waals surface area contributed by atoms with E-state index in [1.54, 1.807) is 0 Å². The number of carboxylic acids is 1. The zero-order valence-corrected chi connectivity index (χ0v) is 24.5. The van der Waals surface area contributed by atoms with Crippen molar-refractivity contribution in [3.05, 3.63) is 63.4 Å². The van der Waals surface area contributed by atoms with Crippen LogP contribution in [0.2, 0.25) is 0 Å². The van der Waals surface area contributed by atoms with Crippen molar-refractivity contribution in [2.45, 2.75) is 69.6 Å². The molecule has 0 radical (unpaired) electrons. The molecule has 0 aromatic heterocycles. The predicted octanol–water partition coefficient (Wildman–Crippen LogP) is 5.96. The van der Waals surface area contributed by atoms with E-state index in [0.29, 0.717) is 18.6 Å². The number of fused-ring (bicyclic) bond motifs is 3. The Hall–Kier alpha value is -2.30.